The van der Waals surface area contributed by atoms with Crippen LogP contribution in [0.25, 0.3) is 10.2 Å². The number of hydrogen-bond acceptors (Lipinski definition) is 8. The van der Waals surface area contributed by atoms with Crippen molar-refractivity contribution in [3.8, 4) is 0 Å². The van der Waals surface area contributed by atoms with Crippen LogP contribution in [0, 0.1) is 11.7 Å². The standard InChI is InChI=1S/C19H23FN6O2S2/c1-12(2)10-26-18(25-5-7-28-8-6-25)23-24-19(26)29-11-16(27)22-17-21-14-4-3-13(20)9-15(14)30-17/h3-4,9,12H,5-8,10-11H2,1-2H3,(H,21,22,27). The number of benzene rings is 1. The summed E-state index contributed by atoms with van der Waals surface area (Å²) in [5, 5.41) is 12.7. The van der Waals surface area contributed by atoms with Crippen molar-refractivity contribution in [3.05, 3.63) is 24.0 Å². The Morgan fingerprint density at radius 2 is 2.13 bits per heavy atom. The summed E-state index contributed by atoms with van der Waals surface area (Å²) in [5.74, 6) is 0.913. The van der Waals surface area contributed by atoms with Crippen molar-refractivity contribution in [3.63, 3.8) is 0 Å². The van der Waals surface area contributed by atoms with E-state index in [0.717, 1.165) is 25.6 Å². The number of carbonyl (C=O) groups is 1. The lowest BCUT2D eigenvalue weighted by molar-refractivity contribution is -0.113. The molecule has 3 aromatic rings. The monoisotopic (exact) mass is 450 g/mol. The van der Waals surface area contributed by atoms with Crippen LogP contribution in [0.2, 0.25) is 0 Å². The van der Waals surface area contributed by atoms with Crippen molar-refractivity contribution in [2.75, 3.05) is 42.3 Å². The largest absolute Gasteiger partial charge is 0.378 e. The molecule has 160 valence electrons. The molecule has 1 saturated heterocycles. The fourth-order valence-corrected chi connectivity index (χ4v) is 4.80. The molecular formula is C19H23FN6O2S2. The van der Waals surface area contributed by atoms with Crippen LogP contribution in [0.1, 0.15) is 13.8 Å². The van der Waals surface area contributed by atoms with Gasteiger partial charge in [-0.3, -0.25) is 9.36 Å². The summed E-state index contributed by atoms with van der Waals surface area (Å²) in [7, 11) is 0. The number of hydrogen-bond donors (Lipinski definition) is 1. The van der Waals surface area contributed by atoms with Crippen molar-refractivity contribution in [2.24, 2.45) is 5.92 Å². The zero-order valence-corrected chi connectivity index (χ0v) is 18.4. The Morgan fingerprint density at radius 1 is 1.33 bits per heavy atom. The Bertz CT molecular complexity index is 1030. The first-order valence-electron chi connectivity index (χ1n) is 9.74. The van der Waals surface area contributed by atoms with E-state index in [1.807, 2.05) is 0 Å². The number of morpholine rings is 1. The van der Waals surface area contributed by atoms with Gasteiger partial charge in [0.2, 0.25) is 11.9 Å². The fraction of sp³-hybridized carbons (Fsp3) is 0.474. The molecule has 1 N–H and O–H groups in total. The average Bonchev–Trinajstić information content (AvgIpc) is 3.29. The van der Waals surface area contributed by atoms with Gasteiger partial charge in [0.1, 0.15) is 5.82 Å². The SMILES string of the molecule is CC(C)Cn1c(SCC(=O)Nc2nc3ccc(F)cc3s2)nnc1N1CCOCC1. The highest BCUT2D eigenvalue weighted by molar-refractivity contribution is 7.99. The van der Waals surface area contributed by atoms with E-state index in [4.69, 9.17) is 4.74 Å². The highest BCUT2D eigenvalue weighted by Gasteiger charge is 2.22. The number of carbonyl (C=O) groups excluding carboxylic acids is 1. The number of ether oxygens (including phenoxy) is 1. The highest BCUT2D eigenvalue weighted by Crippen LogP contribution is 2.28. The Kier molecular flexibility index (Phi) is 6.49. The molecule has 0 saturated carbocycles. The number of thioether (sulfide) groups is 1. The predicted octanol–water partition coefficient (Wildman–Crippen LogP) is 3.25. The zero-order chi connectivity index (χ0) is 21.1. The first-order chi connectivity index (χ1) is 14.5. The van der Waals surface area contributed by atoms with Gasteiger partial charge in [0, 0.05) is 19.6 Å². The van der Waals surface area contributed by atoms with Gasteiger partial charge in [0.15, 0.2) is 10.3 Å². The summed E-state index contributed by atoms with van der Waals surface area (Å²) in [6.07, 6.45) is 0. The van der Waals surface area contributed by atoms with Crippen LogP contribution >= 0.6 is 23.1 Å². The molecule has 0 unspecified atom stereocenters. The van der Waals surface area contributed by atoms with Crippen molar-refractivity contribution in [2.45, 2.75) is 25.5 Å². The number of amides is 1. The lowest BCUT2D eigenvalue weighted by Crippen LogP contribution is -2.38. The van der Waals surface area contributed by atoms with Crippen molar-refractivity contribution < 1.29 is 13.9 Å². The molecule has 11 heteroatoms. The van der Waals surface area contributed by atoms with E-state index in [0.29, 0.717) is 39.6 Å². The number of thiazole rings is 1. The molecular weight excluding hydrogens is 427 g/mol. The van der Waals surface area contributed by atoms with Crippen LogP contribution in [0.5, 0.6) is 0 Å². The lowest BCUT2D eigenvalue weighted by Gasteiger charge is -2.28. The molecule has 1 amide bonds. The Hall–Kier alpha value is -2.24. The fourth-order valence-electron chi connectivity index (χ4n) is 3.15. The van der Waals surface area contributed by atoms with E-state index >= 15 is 0 Å². The van der Waals surface area contributed by atoms with Crippen molar-refractivity contribution in [1.29, 1.82) is 0 Å². The summed E-state index contributed by atoms with van der Waals surface area (Å²) in [4.78, 5) is 18.9. The first-order valence-corrected chi connectivity index (χ1v) is 11.5. The maximum Gasteiger partial charge on any atom is 0.236 e. The van der Waals surface area contributed by atoms with Gasteiger partial charge in [-0.25, -0.2) is 9.37 Å². The van der Waals surface area contributed by atoms with E-state index in [2.05, 4.69) is 43.8 Å². The van der Waals surface area contributed by atoms with Gasteiger partial charge in [-0.2, -0.15) is 0 Å². The third kappa shape index (κ3) is 4.90. The van der Waals surface area contributed by atoms with Gasteiger partial charge in [0.25, 0.3) is 0 Å². The minimum absolute atomic E-state index is 0.184. The Morgan fingerprint density at radius 3 is 2.90 bits per heavy atom. The second-order valence-corrected chi connectivity index (χ2v) is 9.33. The second kappa shape index (κ2) is 9.27. The molecule has 8 nitrogen and oxygen atoms in total. The molecule has 4 rings (SSSR count). The second-order valence-electron chi connectivity index (χ2n) is 7.35. The Balaban J connectivity index is 1.42. The molecule has 1 aliphatic rings. The van der Waals surface area contributed by atoms with Crippen molar-refractivity contribution in [1.82, 2.24) is 19.7 Å². The van der Waals surface area contributed by atoms with Crippen LogP contribution in [0.15, 0.2) is 23.4 Å². The van der Waals surface area contributed by atoms with Crippen LogP contribution < -0.4 is 10.2 Å². The number of nitrogens with zero attached hydrogens (tertiary/aromatic N) is 5. The maximum absolute atomic E-state index is 13.3. The number of anilines is 2. The third-order valence-corrected chi connectivity index (χ3v) is 6.37. The number of nitrogens with one attached hydrogen (secondary N) is 1. The van der Waals surface area contributed by atoms with E-state index < -0.39 is 0 Å². The zero-order valence-electron chi connectivity index (χ0n) is 16.8. The normalized spacial score (nSPS) is 14.6. The topological polar surface area (TPSA) is 85.2 Å². The molecule has 1 aliphatic heterocycles. The van der Waals surface area contributed by atoms with Crippen LogP contribution in [-0.2, 0) is 16.1 Å². The van der Waals surface area contributed by atoms with E-state index in [1.54, 1.807) is 6.07 Å². The molecule has 0 spiro atoms. The summed E-state index contributed by atoms with van der Waals surface area (Å²) < 4.78 is 21.6. The number of aromatic nitrogens is 4. The average molecular weight is 451 g/mol. The predicted molar refractivity (Wildman–Crippen MR) is 117 cm³/mol. The van der Waals surface area contributed by atoms with E-state index in [9.17, 15) is 9.18 Å². The molecule has 30 heavy (non-hydrogen) atoms. The molecule has 3 heterocycles. The molecule has 2 aromatic heterocycles. The molecule has 1 aromatic carbocycles. The van der Waals surface area contributed by atoms with Gasteiger partial charge in [-0.15, -0.1) is 10.2 Å². The lowest BCUT2D eigenvalue weighted by atomic mass is 10.2. The molecule has 0 atom stereocenters. The minimum Gasteiger partial charge on any atom is -0.378 e. The summed E-state index contributed by atoms with van der Waals surface area (Å²) in [6.45, 7) is 7.95. The number of halogens is 1. The molecule has 0 aliphatic carbocycles. The summed E-state index contributed by atoms with van der Waals surface area (Å²) in [6, 6.07) is 4.38. The summed E-state index contributed by atoms with van der Waals surface area (Å²) >= 11 is 2.60. The third-order valence-electron chi connectivity index (χ3n) is 4.47. The van der Waals surface area contributed by atoms with E-state index in [1.165, 1.54) is 35.2 Å². The molecule has 0 bridgehead atoms. The van der Waals surface area contributed by atoms with Gasteiger partial charge < -0.3 is 15.0 Å². The van der Waals surface area contributed by atoms with Crippen LogP contribution in [-0.4, -0.2) is 57.7 Å². The van der Waals surface area contributed by atoms with E-state index in [-0.39, 0.29) is 17.5 Å². The first kappa shape index (κ1) is 21.0. The van der Waals surface area contributed by atoms with Gasteiger partial charge in [0.05, 0.1) is 29.2 Å². The van der Waals surface area contributed by atoms with Gasteiger partial charge >= 0.3 is 0 Å². The van der Waals surface area contributed by atoms with Crippen LogP contribution in [0.3, 0.4) is 0 Å². The van der Waals surface area contributed by atoms with Gasteiger partial charge in [-0.05, 0) is 24.1 Å². The molecule has 0 radical (unpaired) electrons. The number of fused-ring (bicyclic) bond motifs is 1. The van der Waals surface area contributed by atoms with Gasteiger partial charge in [-0.1, -0.05) is 36.9 Å². The number of rotatable bonds is 7. The van der Waals surface area contributed by atoms with Crippen molar-refractivity contribution >= 4 is 50.3 Å². The summed E-state index contributed by atoms with van der Waals surface area (Å²) in [5.41, 5.74) is 0.663. The molecule has 1 fully saturated rings. The Labute approximate surface area is 181 Å². The maximum atomic E-state index is 13.3. The highest BCUT2D eigenvalue weighted by atomic mass is 32.2. The quantitative estimate of drug-likeness (QED) is 0.553. The van der Waals surface area contributed by atoms with Crippen LogP contribution in [0.4, 0.5) is 15.5 Å². The minimum atomic E-state index is -0.319. The smallest absolute Gasteiger partial charge is 0.236 e.